The quantitative estimate of drug-likeness (QED) is 0.612. The molecule has 4 heteroatoms. The number of hydrogen-bond acceptors (Lipinski definition) is 4. The maximum atomic E-state index is 5.88. The molecule has 0 amide bonds. The van der Waals surface area contributed by atoms with Gasteiger partial charge in [0.2, 0.25) is 0 Å². The third-order valence-electron chi connectivity index (χ3n) is 1.72. The smallest absolute Gasteiger partial charge is 0.252 e. The van der Waals surface area contributed by atoms with E-state index in [0.717, 1.165) is 0 Å². The van der Waals surface area contributed by atoms with Crippen molar-refractivity contribution in [3.05, 3.63) is 0 Å². The fourth-order valence-corrected chi connectivity index (χ4v) is 1.09. The van der Waals surface area contributed by atoms with Crippen molar-refractivity contribution in [3.63, 3.8) is 0 Å². The lowest BCUT2D eigenvalue weighted by Crippen LogP contribution is -2.55. The molecule has 0 aromatic heterocycles. The summed E-state index contributed by atoms with van der Waals surface area (Å²) >= 11 is 0. The van der Waals surface area contributed by atoms with Gasteiger partial charge in [-0.2, -0.15) is 0 Å². The largest absolute Gasteiger partial charge is 0.372 e. The van der Waals surface area contributed by atoms with E-state index in [1.54, 1.807) is 0 Å². The number of ether oxygens (including phenoxy) is 3. The summed E-state index contributed by atoms with van der Waals surface area (Å²) in [5.74, 6) is -1.11. The van der Waals surface area contributed by atoms with Gasteiger partial charge in [0.25, 0.3) is 5.91 Å². The average Bonchev–Trinajstić information content (AvgIpc) is 2.05. The molecular weight excluding hydrogens is 170 g/mol. The van der Waals surface area contributed by atoms with E-state index in [2.05, 4.69) is 0 Å². The normalized spacial score (nSPS) is 14.5. The molecule has 2 N–H and O–H groups in total. The van der Waals surface area contributed by atoms with E-state index in [0.29, 0.717) is 19.8 Å². The molecule has 0 aromatic carbocycles. The van der Waals surface area contributed by atoms with Crippen molar-refractivity contribution in [1.82, 2.24) is 0 Å². The van der Waals surface area contributed by atoms with Crippen molar-refractivity contribution >= 4 is 0 Å². The molecule has 1 unspecified atom stereocenters. The van der Waals surface area contributed by atoms with Gasteiger partial charge >= 0.3 is 0 Å². The molecule has 0 bridgehead atoms. The van der Waals surface area contributed by atoms with E-state index in [1.165, 1.54) is 0 Å². The minimum atomic E-state index is -1.11. The molecule has 0 spiro atoms. The zero-order chi connectivity index (χ0) is 10.3. The topological polar surface area (TPSA) is 53.7 Å². The minimum absolute atomic E-state index is 0.266. The lowest BCUT2D eigenvalue weighted by atomic mass is 10.3. The monoisotopic (exact) mass is 191 g/mol. The lowest BCUT2D eigenvalue weighted by Gasteiger charge is -2.33. The second-order valence-corrected chi connectivity index (χ2v) is 2.69. The van der Waals surface area contributed by atoms with Crippen LogP contribution in [0.3, 0.4) is 0 Å². The number of rotatable bonds is 7. The number of hydrogen-bond donors (Lipinski definition) is 1. The molecule has 1 atom stereocenters. The summed E-state index contributed by atoms with van der Waals surface area (Å²) in [6, 6.07) is 0. The van der Waals surface area contributed by atoms with Crippen LogP contribution in [-0.2, 0) is 14.2 Å². The van der Waals surface area contributed by atoms with Gasteiger partial charge in [-0.05, 0) is 27.7 Å². The molecule has 4 nitrogen and oxygen atoms in total. The van der Waals surface area contributed by atoms with Gasteiger partial charge in [0.1, 0.15) is 6.10 Å². The maximum absolute atomic E-state index is 5.88. The molecule has 0 aromatic rings. The third-order valence-corrected chi connectivity index (χ3v) is 1.72. The van der Waals surface area contributed by atoms with Crippen molar-refractivity contribution < 1.29 is 14.2 Å². The Labute approximate surface area is 80.3 Å². The summed E-state index contributed by atoms with van der Waals surface area (Å²) < 4.78 is 16.0. The predicted octanol–water partition coefficient (Wildman–Crippen LogP) is 1.10. The van der Waals surface area contributed by atoms with Crippen molar-refractivity contribution in [1.29, 1.82) is 0 Å². The highest BCUT2D eigenvalue weighted by Crippen LogP contribution is 2.14. The van der Waals surface area contributed by atoms with Crippen LogP contribution < -0.4 is 5.73 Å². The minimum Gasteiger partial charge on any atom is -0.372 e. The molecule has 0 saturated heterocycles. The van der Waals surface area contributed by atoms with Gasteiger partial charge < -0.3 is 14.2 Å². The van der Waals surface area contributed by atoms with Gasteiger partial charge in [-0.15, -0.1) is 0 Å². The highest BCUT2D eigenvalue weighted by molar-refractivity contribution is 4.69. The Morgan fingerprint density at radius 2 is 1.54 bits per heavy atom. The van der Waals surface area contributed by atoms with E-state index in [4.69, 9.17) is 19.9 Å². The van der Waals surface area contributed by atoms with Crippen molar-refractivity contribution in [2.75, 3.05) is 19.8 Å². The van der Waals surface area contributed by atoms with Gasteiger partial charge in [0.15, 0.2) is 0 Å². The van der Waals surface area contributed by atoms with Crippen LogP contribution in [0, 0.1) is 0 Å². The molecule has 13 heavy (non-hydrogen) atoms. The lowest BCUT2D eigenvalue weighted by molar-refractivity contribution is -0.281. The Morgan fingerprint density at radius 1 is 1.08 bits per heavy atom. The van der Waals surface area contributed by atoms with E-state index in [-0.39, 0.29) is 6.10 Å². The van der Waals surface area contributed by atoms with Gasteiger partial charge in [-0.1, -0.05) is 0 Å². The first kappa shape index (κ1) is 12.8. The van der Waals surface area contributed by atoms with Gasteiger partial charge in [-0.25, -0.2) is 0 Å². The molecule has 80 valence electrons. The first-order valence-corrected chi connectivity index (χ1v) is 4.79. The molecule has 0 radical (unpaired) electrons. The molecule has 0 saturated carbocycles. The summed E-state index contributed by atoms with van der Waals surface area (Å²) in [5.41, 5.74) is 5.88. The van der Waals surface area contributed by atoms with Gasteiger partial charge in [0.05, 0.1) is 0 Å². The van der Waals surface area contributed by atoms with Crippen molar-refractivity contribution in [3.8, 4) is 0 Å². The zero-order valence-corrected chi connectivity index (χ0v) is 9.00. The fraction of sp³-hybridized carbons (Fsp3) is 1.00. The second kappa shape index (κ2) is 6.32. The van der Waals surface area contributed by atoms with Gasteiger partial charge in [0, 0.05) is 19.8 Å². The molecule has 0 aliphatic carbocycles. The van der Waals surface area contributed by atoms with E-state index >= 15 is 0 Å². The van der Waals surface area contributed by atoms with Crippen molar-refractivity contribution in [2.45, 2.75) is 39.7 Å². The third kappa shape index (κ3) is 4.04. The van der Waals surface area contributed by atoms with Crippen LogP contribution in [0.1, 0.15) is 27.7 Å². The van der Waals surface area contributed by atoms with Crippen LogP contribution in [0.4, 0.5) is 0 Å². The van der Waals surface area contributed by atoms with E-state index in [9.17, 15) is 0 Å². The summed E-state index contributed by atoms with van der Waals surface area (Å²) in [5, 5.41) is 0. The van der Waals surface area contributed by atoms with Crippen LogP contribution in [0.15, 0.2) is 0 Å². The Morgan fingerprint density at radius 3 is 1.85 bits per heavy atom. The first-order chi connectivity index (χ1) is 6.10. The van der Waals surface area contributed by atoms with Gasteiger partial charge in [-0.3, -0.25) is 5.73 Å². The second-order valence-electron chi connectivity index (χ2n) is 2.69. The Hall–Kier alpha value is -0.160. The van der Waals surface area contributed by atoms with E-state index < -0.39 is 5.91 Å². The van der Waals surface area contributed by atoms with Crippen LogP contribution in [0.2, 0.25) is 0 Å². The highest BCUT2D eigenvalue weighted by Gasteiger charge is 2.34. The standard InChI is InChI=1S/C9H21NO3/c1-5-11-8(4)9(10,12-6-2)13-7-3/h8H,5-7,10H2,1-4H3. The molecule has 0 aliphatic rings. The molecule has 0 heterocycles. The zero-order valence-electron chi connectivity index (χ0n) is 9.00. The maximum Gasteiger partial charge on any atom is 0.252 e. The first-order valence-electron chi connectivity index (χ1n) is 4.79. The van der Waals surface area contributed by atoms with Crippen molar-refractivity contribution in [2.24, 2.45) is 5.73 Å². The van der Waals surface area contributed by atoms with Crippen LogP contribution in [-0.4, -0.2) is 31.8 Å². The summed E-state index contributed by atoms with van der Waals surface area (Å²) in [4.78, 5) is 0. The highest BCUT2D eigenvalue weighted by atomic mass is 16.7. The molecule has 0 fully saturated rings. The molecule has 0 rings (SSSR count). The van der Waals surface area contributed by atoms with Crippen LogP contribution in [0.25, 0.3) is 0 Å². The fourth-order valence-electron chi connectivity index (χ4n) is 1.09. The Balaban J connectivity index is 4.18. The molecule has 0 aliphatic heterocycles. The summed E-state index contributed by atoms with van der Waals surface area (Å²) in [6.07, 6.45) is -0.266. The Bertz CT molecular complexity index is 124. The number of nitrogens with two attached hydrogens (primary N) is 1. The predicted molar refractivity (Wildman–Crippen MR) is 51.3 cm³/mol. The summed E-state index contributed by atoms with van der Waals surface area (Å²) in [6.45, 7) is 9.12. The SMILES string of the molecule is CCOC(C)C(N)(OCC)OCC. The molecular formula is C9H21NO3. The van der Waals surface area contributed by atoms with Crippen LogP contribution >= 0.6 is 0 Å². The summed E-state index contributed by atoms with van der Waals surface area (Å²) in [7, 11) is 0. The van der Waals surface area contributed by atoms with E-state index in [1.807, 2.05) is 27.7 Å². The Kier molecular flexibility index (Phi) is 6.24. The average molecular weight is 191 g/mol. The van der Waals surface area contributed by atoms with Crippen LogP contribution in [0.5, 0.6) is 0 Å².